The van der Waals surface area contributed by atoms with Crippen molar-refractivity contribution in [3.8, 4) is 0 Å². The van der Waals surface area contributed by atoms with Crippen LogP contribution in [-0.4, -0.2) is 16.5 Å². The van der Waals surface area contributed by atoms with Crippen LogP contribution in [0.25, 0.3) is 11.0 Å². The van der Waals surface area contributed by atoms with E-state index in [9.17, 15) is 0 Å². The molecule has 0 spiro atoms. The molecular formula is C14H15N3OS. The summed E-state index contributed by atoms with van der Waals surface area (Å²) in [5.41, 5.74) is 8.75. The Kier molecular flexibility index (Phi) is 3.31. The molecule has 3 aromatic rings. The highest BCUT2D eigenvalue weighted by atomic mass is 32.2. The van der Waals surface area contributed by atoms with E-state index < -0.39 is 0 Å². The van der Waals surface area contributed by atoms with Crippen molar-refractivity contribution in [1.29, 1.82) is 0 Å². The molecule has 98 valence electrons. The predicted octanol–water partition coefficient (Wildman–Crippen LogP) is 3.12. The van der Waals surface area contributed by atoms with E-state index in [2.05, 4.69) is 29.0 Å². The molecule has 19 heavy (non-hydrogen) atoms. The van der Waals surface area contributed by atoms with Crippen molar-refractivity contribution >= 4 is 22.8 Å². The van der Waals surface area contributed by atoms with Gasteiger partial charge in [-0.1, -0.05) is 6.07 Å². The Morgan fingerprint density at radius 1 is 1.32 bits per heavy atom. The van der Waals surface area contributed by atoms with Crippen molar-refractivity contribution in [3.63, 3.8) is 0 Å². The van der Waals surface area contributed by atoms with Crippen LogP contribution >= 0.6 is 11.8 Å². The number of fused-ring (bicyclic) bond motifs is 1. The van der Waals surface area contributed by atoms with E-state index >= 15 is 0 Å². The number of nitrogens with two attached hydrogens (primary N) is 1. The molecule has 0 aliphatic heterocycles. The van der Waals surface area contributed by atoms with Crippen LogP contribution in [-0.2, 0) is 6.42 Å². The Morgan fingerprint density at radius 2 is 2.21 bits per heavy atom. The number of benzene rings is 1. The lowest BCUT2D eigenvalue weighted by molar-refractivity contribution is 0.432. The van der Waals surface area contributed by atoms with Crippen LogP contribution in [0.5, 0.6) is 0 Å². The molecule has 0 amide bonds. The summed E-state index contributed by atoms with van der Waals surface area (Å²) in [6, 6.07) is 10.1. The molecule has 1 aromatic carbocycles. The molecule has 0 aliphatic rings. The van der Waals surface area contributed by atoms with Gasteiger partial charge in [-0.25, -0.2) is 4.98 Å². The first kappa shape index (κ1) is 12.3. The fourth-order valence-electron chi connectivity index (χ4n) is 1.93. The van der Waals surface area contributed by atoms with Crippen molar-refractivity contribution in [2.75, 3.05) is 6.54 Å². The minimum absolute atomic E-state index is 0.599. The average Bonchev–Trinajstić information content (AvgIpc) is 2.96. The summed E-state index contributed by atoms with van der Waals surface area (Å²) in [5, 5.41) is 1.67. The summed E-state index contributed by atoms with van der Waals surface area (Å²) in [6.45, 7) is 2.67. The van der Waals surface area contributed by atoms with Crippen LogP contribution in [0.2, 0.25) is 0 Å². The van der Waals surface area contributed by atoms with Gasteiger partial charge in [-0.15, -0.1) is 0 Å². The molecule has 0 atom stereocenters. The van der Waals surface area contributed by atoms with Gasteiger partial charge in [-0.2, -0.15) is 0 Å². The van der Waals surface area contributed by atoms with Crippen LogP contribution in [0.15, 0.2) is 45.0 Å². The van der Waals surface area contributed by atoms with E-state index in [1.165, 1.54) is 17.3 Å². The zero-order valence-electron chi connectivity index (χ0n) is 10.6. The second kappa shape index (κ2) is 5.11. The van der Waals surface area contributed by atoms with Crippen LogP contribution in [0.4, 0.5) is 0 Å². The van der Waals surface area contributed by atoms with E-state index in [1.54, 1.807) is 0 Å². The van der Waals surface area contributed by atoms with Gasteiger partial charge in [0.25, 0.3) is 0 Å². The lowest BCUT2D eigenvalue weighted by Gasteiger charge is -1.93. The predicted molar refractivity (Wildman–Crippen MR) is 76.4 cm³/mol. The number of nitrogens with zero attached hydrogens (tertiary/aromatic N) is 1. The van der Waals surface area contributed by atoms with Gasteiger partial charge in [0, 0.05) is 6.42 Å². The summed E-state index contributed by atoms with van der Waals surface area (Å²) < 4.78 is 5.67. The molecule has 3 rings (SSSR count). The molecule has 0 saturated carbocycles. The molecule has 5 heteroatoms. The molecule has 4 nitrogen and oxygen atoms in total. The third-order valence-electron chi connectivity index (χ3n) is 2.84. The third kappa shape index (κ3) is 2.67. The van der Waals surface area contributed by atoms with Crippen LogP contribution in [0.1, 0.15) is 11.3 Å². The number of aryl methyl sites for hydroxylation is 1. The molecule has 0 saturated heterocycles. The number of aromatic nitrogens is 2. The molecule has 3 N–H and O–H groups in total. The molecule has 0 fully saturated rings. The van der Waals surface area contributed by atoms with Crippen LogP contribution in [0.3, 0.4) is 0 Å². The SMILES string of the molecule is Cc1ccc2nc(Sc3ccc(CCN)o3)[nH]c2c1. The third-order valence-corrected chi connectivity index (χ3v) is 3.65. The molecule has 2 heterocycles. The normalized spacial score (nSPS) is 11.3. The summed E-state index contributed by atoms with van der Waals surface area (Å²) in [4.78, 5) is 7.82. The summed E-state index contributed by atoms with van der Waals surface area (Å²) in [6.07, 6.45) is 0.764. The fraction of sp³-hybridized carbons (Fsp3) is 0.214. The van der Waals surface area contributed by atoms with Gasteiger partial charge in [-0.3, -0.25) is 0 Å². The monoisotopic (exact) mass is 273 g/mol. The van der Waals surface area contributed by atoms with Crippen molar-refractivity contribution in [2.24, 2.45) is 5.73 Å². The highest BCUT2D eigenvalue weighted by molar-refractivity contribution is 7.99. The van der Waals surface area contributed by atoms with E-state index in [0.717, 1.165) is 33.5 Å². The largest absolute Gasteiger partial charge is 0.454 e. The van der Waals surface area contributed by atoms with E-state index in [4.69, 9.17) is 10.2 Å². The summed E-state index contributed by atoms with van der Waals surface area (Å²) in [7, 11) is 0. The lowest BCUT2D eigenvalue weighted by atomic mass is 10.2. The number of H-pyrrole nitrogens is 1. The van der Waals surface area contributed by atoms with Crippen LogP contribution < -0.4 is 5.73 Å². The molecule has 0 radical (unpaired) electrons. The van der Waals surface area contributed by atoms with E-state index in [1.807, 2.05) is 18.2 Å². The van der Waals surface area contributed by atoms with E-state index in [0.29, 0.717) is 6.54 Å². The highest BCUT2D eigenvalue weighted by Crippen LogP contribution is 2.29. The van der Waals surface area contributed by atoms with Crippen LogP contribution in [0, 0.1) is 6.92 Å². The maximum Gasteiger partial charge on any atom is 0.174 e. The molecule has 0 unspecified atom stereocenters. The Balaban J connectivity index is 1.83. The number of furan rings is 1. The first-order valence-corrected chi connectivity index (χ1v) is 6.99. The molecule has 2 aromatic heterocycles. The number of hydrogen-bond donors (Lipinski definition) is 2. The number of imidazole rings is 1. The van der Waals surface area contributed by atoms with Gasteiger partial charge < -0.3 is 15.1 Å². The molecule has 0 bridgehead atoms. The lowest BCUT2D eigenvalue weighted by Crippen LogP contribution is -2.01. The number of rotatable bonds is 4. The highest BCUT2D eigenvalue weighted by Gasteiger charge is 2.08. The first-order valence-electron chi connectivity index (χ1n) is 6.17. The standard InChI is InChI=1S/C14H15N3OS/c1-9-2-4-11-12(8-9)17-14(16-11)19-13-5-3-10(18-13)6-7-15/h2-5,8H,6-7,15H2,1H3,(H,16,17). The van der Waals surface area contributed by atoms with Gasteiger partial charge in [0.1, 0.15) is 5.76 Å². The molecule has 0 aliphatic carbocycles. The molecular weight excluding hydrogens is 258 g/mol. The van der Waals surface area contributed by atoms with Crippen molar-refractivity contribution in [1.82, 2.24) is 9.97 Å². The van der Waals surface area contributed by atoms with Gasteiger partial charge in [0.05, 0.1) is 11.0 Å². The Bertz CT molecular complexity index is 702. The second-order valence-electron chi connectivity index (χ2n) is 4.42. The zero-order valence-corrected chi connectivity index (χ0v) is 11.5. The van der Waals surface area contributed by atoms with Crippen molar-refractivity contribution in [3.05, 3.63) is 41.7 Å². The van der Waals surface area contributed by atoms with Gasteiger partial charge in [0.2, 0.25) is 0 Å². The smallest absolute Gasteiger partial charge is 0.174 e. The quantitative estimate of drug-likeness (QED) is 0.766. The fourth-order valence-corrected chi connectivity index (χ4v) is 2.71. The number of nitrogens with one attached hydrogen (secondary N) is 1. The van der Waals surface area contributed by atoms with E-state index in [-0.39, 0.29) is 0 Å². The minimum Gasteiger partial charge on any atom is -0.454 e. The average molecular weight is 273 g/mol. The summed E-state index contributed by atoms with van der Waals surface area (Å²) >= 11 is 1.49. The Hall–Kier alpha value is -1.72. The van der Waals surface area contributed by atoms with Gasteiger partial charge >= 0.3 is 0 Å². The van der Waals surface area contributed by atoms with Crippen molar-refractivity contribution in [2.45, 2.75) is 23.6 Å². The number of hydrogen-bond acceptors (Lipinski definition) is 4. The topological polar surface area (TPSA) is 67.8 Å². The summed E-state index contributed by atoms with van der Waals surface area (Å²) in [5.74, 6) is 0.914. The van der Waals surface area contributed by atoms with Crippen molar-refractivity contribution < 1.29 is 4.42 Å². The number of aromatic amines is 1. The zero-order chi connectivity index (χ0) is 13.2. The van der Waals surface area contributed by atoms with Gasteiger partial charge in [-0.05, 0) is 55.1 Å². The van der Waals surface area contributed by atoms with Gasteiger partial charge in [0.15, 0.2) is 10.2 Å². The Labute approximate surface area is 115 Å². The maximum absolute atomic E-state index is 5.67. The Morgan fingerprint density at radius 3 is 3.05 bits per heavy atom. The maximum atomic E-state index is 5.67. The first-order chi connectivity index (χ1) is 9.24. The minimum atomic E-state index is 0.599. The second-order valence-corrected chi connectivity index (χ2v) is 5.42.